The lowest BCUT2D eigenvalue weighted by molar-refractivity contribution is 0.102. The van der Waals surface area contributed by atoms with Gasteiger partial charge in [-0.25, -0.2) is 9.97 Å². The Balaban J connectivity index is 2.11. The van der Waals surface area contributed by atoms with Gasteiger partial charge in [0.15, 0.2) is 5.82 Å². The zero-order valence-corrected chi connectivity index (χ0v) is 9.81. The molecule has 0 aliphatic rings. The van der Waals surface area contributed by atoms with Gasteiger partial charge in [0, 0.05) is 5.56 Å². The number of anilines is 1. The maximum atomic E-state index is 11.7. The molecule has 0 fully saturated rings. The molecule has 0 aliphatic heterocycles. The molecule has 2 aromatic rings. The van der Waals surface area contributed by atoms with E-state index in [0.29, 0.717) is 16.0 Å². The Labute approximate surface area is 101 Å². The zero-order chi connectivity index (χ0) is 11.4. The van der Waals surface area contributed by atoms with Crippen molar-refractivity contribution in [2.45, 2.75) is 0 Å². The largest absolute Gasteiger partial charge is 0.305 e. The number of hydrogen-bond acceptors (Lipinski definition) is 3. The summed E-state index contributed by atoms with van der Waals surface area (Å²) in [4.78, 5) is 19.7. The predicted molar refractivity (Wildman–Crippen MR) is 64.1 cm³/mol. The van der Waals surface area contributed by atoms with Gasteiger partial charge in [0.2, 0.25) is 0 Å². The lowest BCUT2D eigenvalue weighted by atomic mass is 10.2. The molecule has 0 spiro atoms. The van der Waals surface area contributed by atoms with Gasteiger partial charge in [-0.2, -0.15) is 0 Å². The molecular weight excluding hydrogens is 270 g/mol. The summed E-state index contributed by atoms with van der Waals surface area (Å²) in [6, 6.07) is 8.95. The van der Waals surface area contributed by atoms with Crippen molar-refractivity contribution < 1.29 is 4.79 Å². The molecule has 4 nitrogen and oxygen atoms in total. The number of amides is 1. The molecule has 1 aromatic heterocycles. The van der Waals surface area contributed by atoms with Gasteiger partial charge in [0.1, 0.15) is 4.60 Å². The highest BCUT2D eigenvalue weighted by atomic mass is 79.9. The third-order valence-corrected chi connectivity index (χ3v) is 2.31. The molecule has 1 amide bonds. The van der Waals surface area contributed by atoms with E-state index in [-0.39, 0.29) is 5.91 Å². The minimum atomic E-state index is -0.197. The number of carbonyl (C=O) groups excluding carboxylic acids is 1. The standard InChI is InChI=1S/C11H8BrN3O/c12-9-6-14-10(7-13-9)15-11(16)8-4-2-1-3-5-8/h1-7H,(H,14,15,16). The first-order valence-electron chi connectivity index (χ1n) is 4.59. The molecule has 0 atom stereocenters. The number of nitrogens with one attached hydrogen (secondary N) is 1. The second-order valence-corrected chi connectivity index (χ2v) is 3.86. The lowest BCUT2D eigenvalue weighted by Crippen LogP contribution is -2.12. The third-order valence-electron chi connectivity index (χ3n) is 1.90. The normalized spacial score (nSPS) is 9.81. The number of hydrogen-bond donors (Lipinski definition) is 1. The molecule has 5 heteroatoms. The van der Waals surface area contributed by atoms with Crippen LogP contribution in [0.4, 0.5) is 5.82 Å². The van der Waals surface area contributed by atoms with Gasteiger partial charge in [0.25, 0.3) is 5.91 Å². The highest BCUT2D eigenvalue weighted by molar-refractivity contribution is 9.10. The Morgan fingerprint density at radius 2 is 1.88 bits per heavy atom. The van der Waals surface area contributed by atoms with Crippen molar-refractivity contribution in [2.75, 3.05) is 5.32 Å². The fourth-order valence-corrected chi connectivity index (χ4v) is 1.36. The van der Waals surface area contributed by atoms with Crippen molar-refractivity contribution in [3.63, 3.8) is 0 Å². The fourth-order valence-electron chi connectivity index (χ4n) is 1.15. The van der Waals surface area contributed by atoms with Crippen LogP contribution >= 0.6 is 15.9 Å². The molecular formula is C11H8BrN3O. The van der Waals surface area contributed by atoms with Crippen molar-refractivity contribution >= 4 is 27.7 Å². The monoisotopic (exact) mass is 277 g/mol. The van der Waals surface area contributed by atoms with Crippen molar-refractivity contribution in [3.05, 3.63) is 52.9 Å². The molecule has 0 aliphatic carbocycles. The van der Waals surface area contributed by atoms with Gasteiger partial charge in [0.05, 0.1) is 12.4 Å². The Bertz CT molecular complexity index is 484. The molecule has 16 heavy (non-hydrogen) atoms. The van der Waals surface area contributed by atoms with Crippen LogP contribution in [0, 0.1) is 0 Å². The van der Waals surface area contributed by atoms with E-state index in [9.17, 15) is 4.79 Å². The second-order valence-electron chi connectivity index (χ2n) is 3.04. The van der Waals surface area contributed by atoms with Crippen LogP contribution in [0.15, 0.2) is 47.3 Å². The summed E-state index contributed by atoms with van der Waals surface area (Å²) < 4.78 is 0.630. The molecule has 0 bridgehead atoms. The average molecular weight is 278 g/mol. The SMILES string of the molecule is O=C(Nc1cnc(Br)cn1)c1ccccc1. The summed E-state index contributed by atoms with van der Waals surface area (Å²) in [5, 5.41) is 2.65. The topological polar surface area (TPSA) is 54.9 Å². The maximum Gasteiger partial charge on any atom is 0.256 e. The highest BCUT2D eigenvalue weighted by Gasteiger charge is 2.05. The van der Waals surface area contributed by atoms with E-state index in [1.807, 2.05) is 18.2 Å². The molecule has 0 radical (unpaired) electrons. The summed E-state index contributed by atoms with van der Waals surface area (Å²) in [6.45, 7) is 0. The fraction of sp³-hybridized carbons (Fsp3) is 0. The number of nitrogens with zero attached hydrogens (tertiary/aromatic N) is 2. The van der Waals surface area contributed by atoms with Gasteiger partial charge in [-0.15, -0.1) is 0 Å². The van der Waals surface area contributed by atoms with Gasteiger partial charge in [-0.3, -0.25) is 4.79 Å². The zero-order valence-electron chi connectivity index (χ0n) is 8.22. The van der Waals surface area contributed by atoms with E-state index in [4.69, 9.17) is 0 Å². The first-order chi connectivity index (χ1) is 7.75. The van der Waals surface area contributed by atoms with Gasteiger partial charge in [-0.05, 0) is 28.1 Å². The van der Waals surface area contributed by atoms with Crippen LogP contribution in [0.2, 0.25) is 0 Å². The van der Waals surface area contributed by atoms with Crippen molar-refractivity contribution in [3.8, 4) is 0 Å². The quantitative estimate of drug-likeness (QED) is 0.918. The number of carbonyl (C=O) groups is 1. The minimum Gasteiger partial charge on any atom is -0.305 e. The molecule has 1 heterocycles. The smallest absolute Gasteiger partial charge is 0.256 e. The Hall–Kier alpha value is -1.75. The Morgan fingerprint density at radius 1 is 1.12 bits per heavy atom. The Morgan fingerprint density at radius 3 is 2.50 bits per heavy atom. The van der Waals surface area contributed by atoms with Crippen molar-refractivity contribution in [2.24, 2.45) is 0 Å². The van der Waals surface area contributed by atoms with Gasteiger partial charge < -0.3 is 5.32 Å². The minimum absolute atomic E-state index is 0.197. The van der Waals surface area contributed by atoms with Crippen LogP contribution in [0.3, 0.4) is 0 Å². The van der Waals surface area contributed by atoms with E-state index in [1.54, 1.807) is 12.1 Å². The van der Waals surface area contributed by atoms with Gasteiger partial charge in [-0.1, -0.05) is 18.2 Å². The van der Waals surface area contributed by atoms with Crippen LogP contribution < -0.4 is 5.32 Å². The molecule has 0 unspecified atom stereocenters. The summed E-state index contributed by atoms with van der Waals surface area (Å²) in [6.07, 6.45) is 3.02. The summed E-state index contributed by atoms with van der Waals surface area (Å²) >= 11 is 3.17. The Kier molecular flexibility index (Phi) is 3.26. The van der Waals surface area contributed by atoms with Gasteiger partial charge >= 0.3 is 0 Å². The van der Waals surface area contributed by atoms with Crippen LogP contribution in [-0.4, -0.2) is 15.9 Å². The van der Waals surface area contributed by atoms with Crippen molar-refractivity contribution in [1.29, 1.82) is 0 Å². The molecule has 80 valence electrons. The first-order valence-corrected chi connectivity index (χ1v) is 5.39. The van der Waals surface area contributed by atoms with E-state index in [1.165, 1.54) is 12.4 Å². The number of halogens is 1. The second kappa shape index (κ2) is 4.85. The van der Waals surface area contributed by atoms with Crippen LogP contribution in [0.1, 0.15) is 10.4 Å². The third kappa shape index (κ3) is 2.64. The molecule has 0 saturated carbocycles. The van der Waals surface area contributed by atoms with E-state index in [0.717, 1.165) is 0 Å². The number of rotatable bonds is 2. The molecule has 0 saturated heterocycles. The summed E-state index contributed by atoms with van der Waals surface area (Å²) in [5.74, 6) is 0.231. The predicted octanol–water partition coefficient (Wildman–Crippen LogP) is 2.49. The maximum absolute atomic E-state index is 11.7. The van der Waals surface area contributed by atoms with E-state index < -0.39 is 0 Å². The van der Waals surface area contributed by atoms with Crippen LogP contribution in [0.25, 0.3) is 0 Å². The number of benzene rings is 1. The van der Waals surface area contributed by atoms with E-state index >= 15 is 0 Å². The number of aromatic nitrogens is 2. The summed E-state index contributed by atoms with van der Waals surface area (Å²) in [5.41, 5.74) is 0.590. The van der Waals surface area contributed by atoms with Crippen LogP contribution in [0.5, 0.6) is 0 Å². The molecule has 1 aromatic carbocycles. The van der Waals surface area contributed by atoms with Crippen LogP contribution in [-0.2, 0) is 0 Å². The summed E-state index contributed by atoms with van der Waals surface area (Å²) in [7, 11) is 0. The van der Waals surface area contributed by atoms with Crippen molar-refractivity contribution in [1.82, 2.24) is 9.97 Å². The average Bonchev–Trinajstić information content (AvgIpc) is 2.33. The first kappa shape index (κ1) is 10.8. The molecule has 1 N–H and O–H groups in total. The lowest BCUT2D eigenvalue weighted by Gasteiger charge is -2.03. The highest BCUT2D eigenvalue weighted by Crippen LogP contribution is 2.08. The molecule has 2 rings (SSSR count). The van der Waals surface area contributed by atoms with E-state index in [2.05, 4.69) is 31.2 Å².